The number of alkyl halides is 3. The molecule has 0 spiro atoms. The van der Waals surface area contributed by atoms with Crippen LogP contribution in [0.4, 0.5) is 13.2 Å². The molecular weight excluding hydrogens is 339 g/mol. The molecule has 0 radical (unpaired) electrons. The number of nitrogens with one attached hydrogen (secondary N) is 2. The van der Waals surface area contributed by atoms with E-state index in [4.69, 9.17) is 10.7 Å². The van der Waals surface area contributed by atoms with Crippen LogP contribution in [0.25, 0.3) is 0 Å². The number of ether oxygens (including phenoxy) is 1. The van der Waals surface area contributed by atoms with Gasteiger partial charge in [0.05, 0.1) is 12.3 Å². The summed E-state index contributed by atoms with van der Waals surface area (Å²) in [6.45, 7) is -0.725. The summed E-state index contributed by atoms with van der Waals surface area (Å²) >= 11 is 0. The van der Waals surface area contributed by atoms with Gasteiger partial charge >= 0.3 is 6.18 Å². The standard InChI is InChI=1S/C9H11ClF3N3O4S/c1-5-7(21(10,18)19)6(16-15-5)8(17)14-2-3-20-4-9(11,12)13/h2-4H2,1H3,(H,14,17)(H,15,16). The van der Waals surface area contributed by atoms with Crippen LogP contribution in [0.15, 0.2) is 4.90 Å². The molecule has 0 saturated heterocycles. The van der Waals surface area contributed by atoms with Gasteiger partial charge in [0, 0.05) is 17.2 Å². The summed E-state index contributed by atoms with van der Waals surface area (Å²) < 4.78 is 62.2. The van der Waals surface area contributed by atoms with Crippen molar-refractivity contribution in [2.75, 3.05) is 19.8 Å². The van der Waals surface area contributed by atoms with Crippen molar-refractivity contribution in [2.45, 2.75) is 18.0 Å². The molecule has 12 heteroatoms. The number of carbonyl (C=O) groups excluding carboxylic acids is 1. The quantitative estimate of drug-likeness (QED) is 0.588. The number of H-pyrrole nitrogens is 1. The normalized spacial score (nSPS) is 12.4. The summed E-state index contributed by atoms with van der Waals surface area (Å²) in [6, 6.07) is 0. The van der Waals surface area contributed by atoms with E-state index in [2.05, 4.69) is 20.3 Å². The van der Waals surface area contributed by atoms with E-state index in [1.54, 1.807) is 0 Å². The topological polar surface area (TPSA) is 101 Å². The molecule has 1 amide bonds. The van der Waals surface area contributed by atoms with Crippen LogP contribution in [0.2, 0.25) is 0 Å². The Morgan fingerprint density at radius 2 is 2.10 bits per heavy atom. The third-order valence-electron chi connectivity index (χ3n) is 2.15. The van der Waals surface area contributed by atoms with Crippen LogP contribution in [-0.4, -0.2) is 50.5 Å². The molecule has 1 heterocycles. The zero-order valence-electron chi connectivity index (χ0n) is 10.6. The van der Waals surface area contributed by atoms with Crippen molar-refractivity contribution >= 4 is 25.6 Å². The second-order valence-corrected chi connectivity index (χ2v) is 6.39. The largest absolute Gasteiger partial charge is 0.411 e. The Balaban J connectivity index is 2.58. The van der Waals surface area contributed by atoms with E-state index in [1.807, 2.05) is 0 Å². The molecule has 0 bridgehead atoms. The van der Waals surface area contributed by atoms with Gasteiger partial charge in [0.25, 0.3) is 15.0 Å². The molecule has 1 rings (SSSR count). The van der Waals surface area contributed by atoms with Crippen molar-refractivity contribution in [2.24, 2.45) is 0 Å². The molecule has 0 aliphatic rings. The predicted molar refractivity (Wildman–Crippen MR) is 65.6 cm³/mol. The average molecular weight is 350 g/mol. The fourth-order valence-electron chi connectivity index (χ4n) is 1.38. The molecule has 7 nitrogen and oxygen atoms in total. The number of nitrogens with zero attached hydrogens (tertiary/aromatic N) is 1. The summed E-state index contributed by atoms with van der Waals surface area (Å²) in [7, 11) is 0.988. The van der Waals surface area contributed by atoms with Crippen LogP contribution < -0.4 is 5.32 Å². The number of hydrogen-bond donors (Lipinski definition) is 2. The van der Waals surface area contributed by atoms with Crippen molar-refractivity contribution in [3.05, 3.63) is 11.4 Å². The van der Waals surface area contributed by atoms with E-state index < -0.39 is 44.9 Å². The Kier molecular flexibility index (Phi) is 5.59. The minimum Gasteiger partial charge on any atom is -0.370 e. The van der Waals surface area contributed by atoms with Gasteiger partial charge in [-0.15, -0.1) is 0 Å². The molecule has 0 atom stereocenters. The molecule has 120 valence electrons. The fraction of sp³-hybridized carbons (Fsp3) is 0.556. The Labute approximate surface area is 122 Å². The van der Waals surface area contributed by atoms with E-state index >= 15 is 0 Å². The van der Waals surface area contributed by atoms with Crippen molar-refractivity contribution in [3.8, 4) is 0 Å². The van der Waals surface area contributed by atoms with Gasteiger partial charge in [-0.05, 0) is 6.92 Å². The molecule has 1 aromatic rings. The van der Waals surface area contributed by atoms with Gasteiger partial charge < -0.3 is 10.1 Å². The lowest BCUT2D eigenvalue weighted by atomic mass is 10.3. The third kappa shape index (κ3) is 5.52. The lowest BCUT2D eigenvalue weighted by Gasteiger charge is -2.08. The maximum Gasteiger partial charge on any atom is 0.411 e. The van der Waals surface area contributed by atoms with Gasteiger partial charge in [-0.25, -0.2) is 8.42 Å². The molecule has 0 aliphatic heterocycles. The number of amides is 1. The second kappa shape index (κ2) is 6.62. The van der Waals surface area contributed by atoms with E-state index in [0.29, 0.717) is 0 Å². The minimum absolute atomic E-state index is 0.0727. The molecule has 0 saturated carbocycles. The molecule has 21 heavy (non-hydrogen) atoms. The maximum atomic E-state index is 11.8. The Morgan fingerprint density at radius 1 is 1.48 bits per heavy atom. The van der Waals surface area contributed by atoms with Crippen LogP contribution in [0.5, 0.6) is 0 Å². The van der Waals surface area contributed by atoms with Gasteiger partial charge in [-0.1, -0.05) is 0 Å². The van der Waals surface area contributed by atoms with Crippen molar-refractivity contribution in [1.82, 2.24) is 15.5 Å². The molecule has 0 aromatic carbocycles. The van der Waals surface area contributed by atoms with Gasteiger partial charge in [-0.2, -0.15) is 18.3 Å². The summed E-state index contributed by atoms with van der Waals surface area (Å²) in [5.41, 5.74) is -0.387. The van der Waals surface area contributed by atoms with E-state index in [9.17, 15) is 26.4 Å². The van der Waals surface area contributed by atoms with Gasteiger partial charge in [-0.3, -0.25) is 9.89 Å². The first kappa shape index (κ1) is 17.7. The Morgan fingerprint density at radius 3 is 2.62 bits per heavy atom. The zero-order valence-corrected chi connectivity index (χ0v) is 12.2. The van der Waals surface area contributed by atoms with Crippen LogP contribution in [0, 0.1) is 6.92 Å². The Bertz CT molecular complexity index is 614. The van der Waals surface area contributed by atoms with Gasteiger partial charge in [0.2, 0.25) is 0 Å². The molecule has 2 N–H and O–H groups in total. The summed E-state index contributed by atoms with van der Waals surface area (Å²) in [4.78, 5) is 11.2. The number of hydrogen-bond acceptors (Lipinski definition) is 5. The summed E-state index contributed by atoms with van der Waals surface area (Å²) in [5, 5.41) is 7.96. The first-order valence-corrected chi connectivity index (χ1v) is 7.75. The monoisotopic (exact) mass is 349 g/mol. The number of rotatable bonds is 6. The summed E-state index contributed by atoms with van der Waals surface area (Å²) in [5.74, 6) is -0.894. The summed E-state index contributed by atoms with van der Waals surface area (Å²) in [6.07, 6.45) is -4.46. The van der Waals surface area contributed by atoms with Gasteiger partial charge in [0.1, 0.15) is 11.5 Å². The molecule has 0 aliphatic carbocycles. The smallest absolute Gasteiger partial charge is 0.370 e. The van der Waals surface area contributed by atoms with Crippen LogP contribution in [-0.2, 0) is 13.8 Å². The Hall–Kier alpha value is -1.33. The second-order valence-electron chi connectivity index (χ2n) is 3.89. The number of aromatic amines is 1. The predicted octanol–water partition coefficient (Wildman–Crippen LogP) is 0.954. The number of aryl methyl sites for hydroxylation is 1. The van der Waals surface area contributed by atoms with Crippen molar-refractivity contribution in [1.29, 1.82) is 0 Å². The number of halogens is 4. The van der Waals surface area contributed by atoms with Crippen LogP contribution >= 0.6 is 10.7 Å². The third-order valence-corrected chi connectivity index (χ3v) is 3.60. The highest BCUT2D eigenvalue weighted by Gasteiger charge is 2.28. The highest BCUT2D eigenvalue weighted by atomic mass is 35.7. The van der Waals surface area contributed by atoms with Crippen LogP contribution in [0.1, 0.15) is 16.2 Å². The minimum atomic E-state index is -4.46. The van der Waals surface area contributed by atoms with Crippen molar-refractivity contribution < 1.29 is 31.1 Å². The lowest BCUT2D eigenvalue weighted by molar-refractivity contribution is -0.173. The fourth-order valence-corrected chi connectivity index (χ4v) is 2.73. The van der Waals surface area contributed by atoms with E-state index in [-0.39, 0.29) is 12.2 Å². The van der Waals surface area contributed by atoms with Crippen molar-refractivity contribution in [3.63, 3.8) is 0 Å². The highest BCUT2D eigenvalue weighted by molar-refractivity contribution is 8.13. The number of carbonyl (C=O) groups is 1. The maximum absolute atomic E-state index is 11.8. The number of aromatic nitrogens is 2. The first-order valence-electron chi connectivity index (χ1n) is 5.44. The molecule has 0 fully saturated rings. The zero-order chi connectivity index (χ0) is 16.3. The van der Waals surface area contributed by atoms with Crippen LogP contribution in [0.3, 0.4) is 0 Å². The molecular formula is C9H11ClF3N3O4S. The molecule has 1 aromatic heterocycles. The SMILES string of the molecule is Cc1[nH]nc(C(=O)NCCOCC(F)(F)F)c1S(=O)(=O)Cl. The van der Waals surface area contributed by atoms with E-state index in [1.165, 1.54) is 6.92 Å². The lowest BCUT2D eigenvalue weighted by Crippen LogP contribution is -2.29. The molecule has 0 unspecified atom stereocenters. The highest BCUT2D eigenvalue weighted by Crippen LogP contribution is 2.21. The average Bonchev–Trinajstić information content (AvgIpc) is 2.68. The first-order chi connectivity index (χ1) is 9.52. The van der Waals surface area contributed by atoms with E-state index in [0.717, 1.165) is 0 Å². The van der Waals surface area contributed by atoms with Gasteiger partial charge in [0.15, 0.2) is 5.69 Å².